The fourth-order valence-corrected chi connectivity index (χ4v) is 3.70. The number of nitrogens with zero attached hydrogens (tertiary/aromatic N) is 1. The molecule has 1 amide bonds. The first-order valence-corrected chi connectivity index (χ1v) is 7.95. The van der Waals surface area contributed by atoms with Crippen molar-refractivity contribution in [2.75, 3.05) is 19.6 Å². The van der Waals surface area contributed by atoms with Crippen molar-refractivity contribution in [3.05, 3.63) is 0 Å². The molecule has 3 fully saturated rings. The van der Waals surface area contributed by atoms with Gasteiger partial charge >= 0.3 is 0 Å². The van der Waals surface area contributed by atoms with Crippen molar-refractivity contribution in [3.8, 4) is 0 Å². The minimum atomic E-state index is -0.202. The summed E-state index contributed by atoms with van der Waals surface area (Å²) in [7, 11) is 0. The van der Waals surface area contributed by atoms with Crippen molar-refractivity contribution in [2.24, 2.45) is 11.8 Å². The van der Waals surface area contributed by atoms with E-state index in [4.69, 9.17) is 0 Å². The van der Waals surface area contributed by atoms with Crippen molar-refractivity contribution in [2.45, 2.75) is 57.1 Å². The average Bonchev–Trinajstić information content (AvgIpc) is 2.91. The maximum absolute atomic E-state index is 12.4. The van der Waals surface area contributed by atoms with Crippen molar-refractivity contribution in [1.29, 1.82) is 0 Å². The quantitative estimate of drug-likeness (QED) is 0.784. The lowest BCUT2D eigenvalue weighted by atomic mass is 10.1. The van der Waals surface area contributed by atoms with Gasteiger partial charge in [0.2, 0.25) is 5.91 Å². The van der Waals surface area contributed by atoms with Gasteiger partial charge in [0, 0.05) is 12.5 Å². The third-order valence-corrected chi connectivity index (χ3v) is 5.03. The van der Waals surface area contributed by atoms with Crippen LogP contribution in [-0.4, -0.2) is 47.7 Å². The zero-order valence-electron chi connectivity index (χ0n) is 11.7. The summed E-state index contributed by atoms with van der Waals surface area (Å²) in [5.74, 6) is 1.08. The van der Waals surface area contributed by atoms with E-state index in [0.717, 1.165) is 32.4 Å². The van der Waals surface area contributed by atoms with E-state index in [9.17, 15) is 9.90 Å². The largest absolute Gasteiger partial charge is 0.393 e. The first kappa shape index (κ1) is 13.4. The van der Waals surface area contributed by atoms with E-state index in [1.807, 2.05) is 0 Å². The Labute approximate surface area is 115 Å². The summed E-state index contributed by atoms with van der Waals surface area (Å²) in [5.41, 5.74) is 0. The Morgan fingerprint density at radius 1 is 1.16 bits per heavy atom. The fraction of sp³-hybridized carbons (Fsp3) is 0.933. The average molecular weight is 266 g/mol. The van der Waals surface area contributed by atoms with E-state index in [2.05, 4.69) is 10.2 Å². The second-order valence-corrected chi connectivity index (χ2v) is 6.53. The van der Waals surface area contributed by atoms with Gasteiger partial charge in [0.25, 0.3) is 0 Å². The Morgan fingerprint density at radius 3 is 2.47 bits per heavy atom. The highest BCUT2D eigenvalue weighted by Crippen LogP contribution is 2.36. The number of aliphatic hydroxyl groups is 1. The number of carbonyl (C=O) groups is 1. The third-order valence-electron chi connectivity index (χ3n) is 5.03. The minimum Gasteiger partial charge on any atom is -0.393 e. The molecule has 4 heteroatoms. The number of carbonyl (C=O) groups excluding carboxylic acids is 1. The number of nitrogens with one attached hydrogen (secondary N) is 1. The zero-order valence-corrected chi connectivity index (χ0v) is 11.7. The normalized spacial score (nSPS) is 33.5. The molecule has 0 aromatic heterocycles. The highest BCUT2D eigenvalue weighted by Gasteiger charge is 2.41. The van der Waals surface area contributed by atoms with Crippen LogP contribution in [0.5, 0.6) is 0 Å². The Balaban J connectivity index is 1.52. The van der Waals surface area contributed by atoms with Crippen LogP contribution in [-0.2, 0) is 4.79 Å². The van der Waals surface area contributed by atoms with Crippen molar-refractivity contribution in [3.63, 3.8) is 0 Å². The second-order valence-electron chi connectivity index (χ2n) is 6.53. The van der Waals surface area contributed by atoms with E-state index >= 15 is 0 Å². The van der Waals surface area contributed by atoms with Crippen molar-refractivity contribution in [1.82, 2.24) is 10.2 Å². The van der Waals surface area contributed by atoms with Gasteiger partial charge in [0.05, 0.1) is 12.1 Å². The molecule has 0 aromatic carbocycles. The number of amides is 1. The van der Waals surface area contributed by atoms with Gasteiger partial charge in [-0.05, 0) is 57.5 Å². The van der Waals surface area contributed by atoms with Crippen LogP contribution in [0.15, 0.2) is 0 Å². The maximum atomic E-state index is 12.4. The molecule has 0 aromatic rings. The molecule has 108 valence electrons. The van der Waals surface area contributed by atoms with E-state index in [1.165, 1.54) is 25.7 Å². The molecule has 2 aliphatic carbocycles. The molecule has 1 heterocycles. The van der Waals surface area contributed by atoms with Gasteiger partial charge in [-0.15, -0.1) is 0 Å². The lowest BCUT2D eigenvalue weighted by Crippen LogP contribution is -2.48. The SMILES string of the molecule is O=C(NC[C@@H]1CCC[C@H]1O)C(C1CC1)N1CCCC1. The molecule has 0 bridgehead atoms. The van der Waals surface area contributed by atoms with Crippen LogP contribution in [0.2, 0.25) is 0 Å². The first-order valence-electron chi connectivity index (χ1n) is 7.95. The molecule has 19 heavy (non-hydrogen) atoms. The van der Waals surface area contributed by atoms with Gasteiger partial charge in [-0.2, -0.15) is 0 Å². The Kier molecular flexibility index (Phi) is 4.08. The third kappa shape index (κ3) is 3.11. The molecule has 3 atom stereocenters. The maximum Gasteiger partial charge on any atom is 0.237 e. The smallest absolute Gasteiger partial charge is 0.237 e. The number of rotatable bonds is 5. The highest BCUT2D eigenvalue weighted by molar-refractivity contribution is 5.82. The second kappa shape index (κ2) is 5.80. The molecule has 1 saturated heterocycles. The summed E-state index contributed by atoms with van der Waals surface area (Å²) >= 11 is 0. The lowest BCUT2D eigenvalue weighted by Gasteiger charge is -2.27. The van der Waals surface area contributed by atoms with E-state index < -0.39 is 0 Å². The molecule has 3 aliphatic rings. The summed E-state index contributed by atoms with van der Waals surface area (Å²) in [5, 5.41) is 12.9. The van der Waals surface area contributed by atoms with Gasteiger partial charge in [0.1, 0.15) is 0 Å². The van der Waals surface area contributed by atoms with Crippen LogP contribution in [0.3, 0.4) is 0 Å². The summed E-state index contributed by atoms with van der Waals surface area (Å²) in [6.07, 6.45) is 7.74. The summed E-state index contributed by atoms with van der Waals surface area (Å²) in [4.78, 5) is 14.8. The van der Waals surface area contributed by atoms with Gasteiger partial charge in [-0.1, -0.05) is 6.42 Å². The fourth-order valence-electron chi connectivity index (χ4n) is 3.70. The Bertz CT molecular complexity index is 324. The number of hydrogen-bond acceptors (Lipinski definition) is 3. The Morgan fingerprint density at radius 2 is 1.89 bits per heavy atom. The predicted octanol–water partition coefficient (Wildman–Crippen LogP) is 1.14. The molecule has 1 aliphatic heterocycles. The summed E-state index contributed by atoms with van der Waals surface area (Å²) in [6, 6.07) is 0.112. The van der Waals surface area contributed by atoms with Crippen molar-refractivity contribution < 1.29 is 9.90 Å². The zero-order chi connectivity index (χ0) is 13.2. The standard InChI is InChI=1S/C15H26N2O2/c18-13-5-3-4-12(13)10-16-15(19)14(11-6-7-11)17-8-1-2-9-17/h11-14,18H,1-10H2,(H,16,19)/t12-,13+,14?/m0/s1. The molecule has 2 N–H and O–H groups in total. The van der Waals surface area contributed by atoms with Crippen LogP contribution < -0.4 is 5.32 Å². The van der Waals surface area contributed by atoms with E-state index in [0.29, 0.717) is 12.5 Å². The van der Waals surface area contributed by atoms with Crippen LogP contribution in [0.4, 0.5) is 0 Å². The number of hydrogen-bond donors (Lipinski definition) is 2. The van der Waals surface area contributed by atoms with Crippen LogP contribution in [0, 0.1) is 11.8 Å². The monoisotopic (exact) mass is 266 g/mol. The first-order chi connectivity index (χ1) is 9.25. The molecule has 0 spiro atoms. The predicted molar refractivity (Wildman–Crippen MR) is 73.7 cm³/mol. The van der Waals surface area contributed by atoms with Gasteiger partial charge in [-0.3, -0.25) is 9.69 Å². The molecule has 3 rings (SSSR count). The minimum absolute atomic E-state index is 0.112. The molecular weight excluding hydrogens is 240 g/mol. The van der Waals surface area contributed by atoms with Gasteiger partial charge < -0.3 is 10.4 Å². The van der Waals surface area contributed by atoms with Crippen molar-refractivity contribution >= 4 is 5.91 Å². The Hall–Kier alpha value is -0.610. The van der Waals surface area contributed by atoms with Crippen LogP contribution in [0.25, 0.3) is 0 Å². The van der Waals surface area contributed by atoms with Crippen LogP contribution in [0.1, 0.15) is 44.9 Å². The topological polar surface area (TPSA) is 52.6 Å². The van der Waals surface area contributed by atoms with E-state index in [1.54, 1.807) is 0 Å². The lowest BCUT2D eigenvalue weighted by molar-refractivity contribution is -0.127. The highest BCUT2D eigenvalue weighted by atomic mass is 16.3. The molecule has 4 nitrogen and oxygen atoms in total. The molecule has 0 radical (unpaired) electrons. The van der Waals surface area contributed by atoms with Gasteiger partial charge in [0.15, 0.2) is 0 Å². The van der Waals surface area contributed by atoms with Crippen LogP contribution >= 0.6 is 0 Å². The number of aliphatic hydroxyl groups excluding tert-OH is 1. The number of likely N-dealkylation sites (tertiary alicyclic amines) is 1. The summed E-state index contributed by atoms with van der Waals surface area (Å²) < 4.78 is 0. The molecule has 1 unspecified atom stereocenters. The van der Waals surface area contributed by atoms with Gasteiger partial charge in [-0.25, -0.2) is 0 Å². The summed E-state index contributed by atoms with van der Waals surface area (Å²) in [6.45, 7) is 2.83. The molecular formula is C15H26N2O2. The van der Waals surface area contributed by atoms with E-state index in [-0.39, 0.29) is 24.0 Å². The molecule has 2 saturated carbocycles.